The van der Waals surface area contributed by atoms with Crippen LogP contribution in [0.5, 0.6) is 0 Å². The number of rotatable bonds is 2. The fourth-order valence-electron chi connectivity index (χ4n) is 3.97. The molecule has 0 aromatic carbocycles. The van der Waals surface area contributed by atoms with Gasteiger partial charge in [-0.3, -0.25) is 0 Å². The zero-order chi connectivity index (χ0) is 8.72. The largest absolute Gasteiger partial charge is 0.0654 e. The van der Waals surface area contributed by atoms with Gasteiger partial charge in [-0.25, -0.2) is 0 Å². The molecule has 0 spiro atoms. The Kier molecular flexibility index (Phi) is 2.18. The second kappa shape index (κ2) is 3.05. The smallest absolute Gasteiger partial charge is 0.0331 e. The van der Waals surface area contributed by atoms with Crippen molar-refractivity contribution in [1.29, 1.82) is 0 Å². The molecule has 2 rings (SSSR count). The van der Waals surface area contributed by atoms with Gasteiger partial charge >= 0.3 is 0 Å². The molecule has 0 heteroatoms. The molecule has 0 amide bonds. The van der Waals surface area contributed by atoms with Crippen molar-refractivity contribution in [3.05, 3.63) is 0 Å². The summed E-state index contributed by atoms with van der Waals surface area (Å²) in [5.41, 5.74) is 0. The number of hydrogen-bond acceptors (Lipinski definition) is 0. The second-order valence-corrected chi connectivity index (χ2v) is 5.22. The third-order valence-electron chi connectivity index (χ3n) is 4.39. The molecule has 0 aromatic rings. The summed E-state index contributed by atoms with van der Waals surface area (Å²) in [7, 11) is 0. The van der Waals surface area contributed by atoms with Crippen molar-refractivity contribution in [2.75, 3.05) is 0 Å². The van der Waals surface area contributed by atoms with Crippen molar-refractivity contribution in [3.63, 3.8) is 0 Å². The average Bonchev–Trinajstić information content (AvgIpc) is 2.22. The molecule has 0 bridgehead atoms. The molecule has 2 aliphatic rings. The van der Waals surface area contributed by atoms with E-state index in [-0.39, 0.29) is 0 Å². The molecule has 5 unspecified atom stereocenters. The number of fused-ring (bicyclic) bond motifs is 1. The Morgan fingerprint density at radius 3 is 2.25 bits per heavy atom. The van der Waals surface area contributed by atoms with Crippen molar-refractivity contribution in [2.24, 2.45) is 29.6 Å². The maximum Gasteiger partial charge on any atom is -0.0331 e. The molecule has 0 radical (unpaired) electrons. The van der Waals surface area contributed by atoms with Gasteiger partial charge < -0.3 is 0 Å². The van der Waals surface area contributed by atoms with Gasteiger partial charge in [-0.2, -0.15) is 0 Å². The summed E-state index contributed by atoms with van der Waals surface area (Å²) in [6.45, 7) is 7.26. The van der Waals surface area contributed by atoms with E-state index >= 15 is 0 Å². The Balaban J connectivity index is 1.96. The second-order valence-electron chi connectivity index (χ2n) is 5.22. The first-order valence-electron chi connectivity index (χ1n) is 5.74. The molecule has 2 aliphatic carbocycles. The minimum Gasteiger partial charge on any atom is -0.0654 e. The summed E-state index contributed by atoms with van der Waals surface area (Å²) in [6.07, 6.45) is 5.97. The minimum absolute atomic E-state index is 1.04. The summed E-state index contributed by atoms with van der Waals surface area (Å²) in [5.74, 6) is 5.44. The van der Waals surface area contributed by atoms with Gasteiger partial charge in [0.2, 0.25) is 0 Å². The molecule has 2 saturated carbocycles. The molecule has 0 aromatic heterocycles. The van der Waals surface area contributed by atoms with E-state index in [0.29, 0.717) is 0 Å². The quantitative estimate of drug-likeness (QED) is 0.586. The molecule has 2 fully saturated rings. The summed E-state index contributed by atoms with van der Waals surface area (Å²) in [5, 5.41) is 0. The molecule has 5 atom stereocenters. The van der Waals surface area contributed by atoms with Crippen LogP contribution in [0.4, 0.5) is 0 Å². The first kappa shape index (κ1) is 8.59. The molecular weight excluding hydrogens is 144 g/mol. The fraction of sp³-hybridized carbons (Fsp3) is 1.00. The van der Waals surface area contributed by atoms with Crippen molar-refractivity contribution in [1.82, 2.24) is 0 Å². The lowest BCUT2D eigenvalue weighted by molar-refractivity contribution is 0.0638. The highest BCUT2D eigenvalue weighted by Gasteiger charge is 2.49. The first-order valence-corrected chi connectivity index (χ1v) is 5.74. The predicted molar refractivity (Wildman–Crippen MR) is 52.9 cm³/mol. The van der Waals surface area contributed by atoms with Crippen LogP contribution in [0.2, 0.25) is 0 Å². The molecule has 0 heterocycles. The van der Waals surface area contributed by atoms with Gasteiger partial charge in [0.1, 0.15) is 0 Å². The fourth-order valence-corrected chi connectivity index (χ4v) is 3.97. The molecular formula is C12H22. The topological polar surface area (TPSA) is 0 Å². The Labute approximate surface area is 76.7 Å². The monoisotopic (exact) mass is 166 g/mol. The zero-order valence-corrected chi connectivity index (χ0v) is 8.72. The van der Waals surface area contributed by atoms with Crippen LogP contribution in [-0.4, -0.2) is 0 Å². The van der Waals surface area contributed by atoms with Crippen LogP contribution in [0.1, 0.15) is 46.5 Å². The van der Waals surface area contributed by atoms with Gasteiger partial charge in [0.25, 0.3) is 0 Å². The Morgan fingerprint density at radius 2 is 1.75 bits per heavy atom. The lowest BCUT2D eigenvalue weighted by Gasteiger charge is -2.42. The van der Waals surface area contributed by atoms with E-state index in [9.17, 15) is 0 Å². The van der Waals surface area contributed by atoms with E-state index in [0.717, 1.165) is 29.6 Å². The lowest BCUT2D eigenvalue weighted by Crippen LogP contribution is -2.35. The van der Waals surface area contributed by atoms with Crippen molar-refractivity contribution >= 4 is 0 Å². The van der Waals surface area contributed by atoms with Crippen molar-refractivity contribution < 1.29 is 0 Å². The highest BCUT2D eigenvalue weighted by Crippen LogP contribution is 2.57. The SMILES string of the molecule is CCCC1CC(C)C2C(C)CC12. The van der Waals surface area contributed by atoms with Gasteiger partial charge in [-0.15, -0.1) is 0 Å². The molecule has 70 valence electrons. The summed E-state index contributed by atoms with van der Waals surface area (Å²) in [4.78, 5) is 0. The predicted octanol–water partition coefficient (Wildman–Crippen LogP) is 3.71. The zero-order valence-electron chi connectivity index (χ0n) is 8.72. The van der Waals surface area contributed by atoms with Gasteiger partial charge in [-0.1, -0.05) is 33.6 Å². The van der Waals surface area contributed by atoms with Crippen LogP contribution in [0, 0.1) is 29.6 Å². The highest BCUT2D eigenvalue weighted by atomic mass is 14.5. The molecule has 12 heavy (non-hydrogen) atoms. The average molecular weight is 166 g/mol. The van der Waals surface area contributed by atoms with E-state index in [1.54, 1.807) is 6.42 Å². The van der Waals surface area contributed by atoms with Crippen molar-refractivity contribution in [3.8, 4) is 0 Å². The van der Waals surface area contributed by atoms with E-state index < -0.39 is 0 Å². The van der Waals surface area contributed by atoms with Gasteiger partial charge in [0.15, 0.2) is 0 Å². The van der Waals surface area contributed by atoms with Gasteiger partial charge in [-0.05, 0) is 42.4 Å². The van der Waals surface area contributed by atoms with Crippen LogP contribution < -0.4 is 0 Å². The lowest BCUT2D eigenvalue weighted by atomic mass is 9.63. The maximum atomic E-state index is 2.48. The Bertz CT molecular complexity index is 159. The van der Waals surface area contributed by atoms with Crippen LogP contribution in [0.15, 0.2) is 0 Å². The summed E-state index contributed by atoms with van der Waals surface area (Å²) >= 11 is 0. The molecule has 0 nitrogen and oxygen atoms in total. The van der Waals surface area contributed by atoms with Crippen LogP contribution in [0.25, 0.3) is 0 Å². The summed E-state index contributed by atoms with van der Waals surface area (Å²) < 4.78 is 0. The maximum absolute atomic E-state index is 2.48. The van der Waals surface area contributed by atoms with E-state index in [4.69, 9.17) is 0 Å². The molecule has 0 saturated heterocycles. The van der Waals surface area contributed by atoms with Crippen LogP contribution in [0.3, 0.4) is 0 Å². The molecule has 0 aliphatic heterocycles. The van der Waals surface area contributed by atoms with Crippen molar-refractivity contribution in [2.45, 2.75) is 46.5 Å². The van der Waals surface area contributed by atoms with Crippen LogP contribution >= 0.6 is 0 Å². The Morgan fingerprint density at radius 1 is 1.08 bits per heavy atom. The van der Waals surface area contributed by atoms with Gasteiger partial charge in [0.05, 0.1) is 0 Å². The van der Waals surface area contributed by atoms with Gasteiger partial charge in [0, 0.05) is 0 Å². The van der Waals surface area contributed by atoms with Crippen LogP contribution in [-0.2, 0) is 0 Å². The van der Waals surface area contributed by atoms with E-state index in [1.807, 2.05) is 0 Å². The summed E-state index contributed by atoms with van der Waals surface area (Å²) in [6, 6.07) is 0. The standard InChI is InChI=1S/C12H22/c1-4-5-10-6-8(2)12-9(3)7-11(10)12/h8-12H,4-7H2,1-3H3. The Hall–Kier alpha value is 0. The first-order chi connectivity index (χ1) is 5.74. The van der Waals surface area contributed by atoms with E-state index in [2.05, 4.69) is 20.8 Å². The third kappa shape index (κ3) is 1.11. The normalized spacial score (nSPS) is 51.8. The van der Waals surface area contributed by atoms with E-state index in [1.165, 1.54) is 19.3 Å². The molecule has 0 N–H and O–H groups in total. The minimum atomic E-state index is 1.04. The highest BCUT2D eigenvalue weighted by molar-refractivity contribution is 4.99. The number of hydrogen-bond donors (Lipinski definition) is 0. The third-order valence-corrected chi connectivity index (χ3v) is 4.39.